The molecule has 0 aromatic heterocycles. The topological polar surface area (TPSA) is 29.3 Å². The Kier molecular flexibility index (Phi) is 42.4. The van der Waals surface area contributed by atoms with E-state index < -0.39 is 0 Å². The van der Waals surface area contributed by atoms with Crippen molar-refractivity contribution in [2.75, 3.05) is 27.2 Å². The maximum atomic E-state index is 4.91. The lowest BCUT2D eigenvalue weighted by Crippen LogP contribution is -2.09. The highest BCUT2D eigenvalue weighted by atomic mass is 35.5. The van der Waals surface area contributed by atoms with Gasteiger partial charge in [0.1, 0.15) is 0 Å². The van der Waals surface area contributed by atoms with Gasteiger partial charge in [-0.1, -0.05) is 12.2 Å². The van der Waals surface area contributed by atoms with Gasteiger partial charge in [-0.05, 0) is 14.1 Å². The van der Waals surface area contributed by atoms with E-state index in [0.717, 1.165) is 6.54 Å². The van der Waals surface area contributed by atoms with Crippen LogP contribution in [0.15, 0.2) is 25.3 Å². The lowest BCUT2D eigenvalue weighted by atomic mass is 10.6. The summed E-state index contributed by atoms with van der Waals surface area (Å²) in [7, 11) is 4.03. The molecule has 0 aliphatic heterocycles. The Morgan fingerprint density at radius 1 is 1.17 bits per heavy atom. The van der Waals surface area contributed by atoms with Crippen molar-refractivity contribution in [2.45, 2.75) is 0 Å². The summed E-state index contributed by atoms with van der Waals surface area (Å²) in [5.74, 6) is 0. The van der Waals surface area contributed by atoms with E-state index in [9.17, 15) is 0 Å². The molecule has 12 heavy (non-hydrogen) atoms. The van der Waals surface area contributed by atoms with Crippen molar-refractivity contribution in [1.82, 2.24) is 4.90 Å². The van der Waals surface area contributed by atoms with Crippen LogP contribution in [0.2, 0.25) is 0 Å². The Morgan fingerprint density at radius 3 is 1.50 bits per heavy atom. The van der Waals surface area contributed by atoms with Gasteiger partial charge in [0.25, 0.3) is 0 Å². The van der Waals surface area contributed by atoms with Crippen LogP contribution in [0.4, 0.5) is 0 Å². The Balaban J connectivity index is -0.0000000483. The van der Waals surface area contributed by atoms with E-state index in [1.165, 1.54) is 0 Å². The van der Waals surface area contributed by atoms with Crippen LogP contribution in [0.3, 0.4) is 0 Å². The quantitative estimate of drug-likeness (QED) is 0.726. The van der Waals surface area contributed by atoms with Gasteiger partial charge in [0.15, 0.2) is 0 Å². The van der Waals surface area contributed by atoms with Crippen LogP contribution in [0.25, 0.3) is 0 Å². The van der Waals surface area contributed by atoms with Crippen molar-refractivity contribution in [1.29, 1.82) is 0 Å². The van der Waals surface area contributed by atoms with Gasteiger partial charge in [0.05, 0.1) is 0 Å². The molecule has 0 saturated carbocycles. The standard InChI is InChI=1S/C5H11N.C3H7N.2ClH/c1-4-5-6(2)3;1-2-3-4;;/h4H,1,5H2,2-3H3;2H,1,3-4H2;2*1H. The number of hydrogen-bond acceptors (Lipinski definition) is 2. The summed E-state index contributed by atoms with van der Waals surface area (Å²) in [5.41, 5.74) is 4.91. The molecule has 0 bridgehead atoms. The Morgan fingerprint density at radius 2 is 1.50 bits per heavy atom. The van der Waals surface area contributed by atoms with Crippen molar-refractivity contribution >= 4 is 24.8 Å². The smallest absolute Gasteiger partial charge is 0.0154 e. The molecule has 4 heteroatoms. The monoisotopic (exact) mass is 214 g/mol. The van der Waals surface area contributed by atoms with E-state index in [2.05, 4.69) is 18.1 Å². The van der Waals surface area contributed by atoms with Gasteiger partial charge in [0.2, 0.25) is 0 Å². The first-order valence-corrected chi connectivity index (χ1v) is 3.25. The Labute approximate surface area is 88.3 Å². The summed E-state index contributed by atoms with van der Waals surface area (Å²) >= 11 is 0. The van der Waals surface area contributed by atoms with Crippen molar-refractivity contribution < 1.29 is 0 Å². The maximum absolute atomic E-state index is 4.91. The first kappa shape index (κ1) is 22.7. The van der Waals surface area contributed by atoms with Crippen molar-refractivity contribution in [3.05, 3.63) is 25.3 Å². The third-order valence-corrected chi connectivity index (χ3v) is 0.661. The number of rotatable bonds is 3. The fraction of sp³-hybridized carbons (Fsp3) is 0.500. The third-order valence-electron chi connectivity index (χ3n) is 0.661. The van der Waals surface area contributed by atoms with Gasteiger partial charge in [-0.2, -0.15) is 0 Å². The highest BCUT2D eigenvalue weighted by Crippen LogP contribution is 1.69. The van der Waals surface area contributed by atoms with E-state index >= 15 is 0 Å². The molecule has 2 nitrogen and oxygen atoms in total. The van der Waals surface area contributed by atoms with Crippen LogP contribution in [-0.2, 0) is 0 Å². The molecule has 0 fully saturated rings. The van der Waals surface area contributed by atoms with Gasteiger partial charge in [-0.25, -0.2) is 0 Å². The molecule has 2 N–H and O–H groups in total. The van der Waals surface area contributed by atoms with Gasteiger partial charge < -0.3 is 10.6 Å². The number of halogens is 2. The number of nitrogens with zero attached hydrogens (tertiary/aromatic N) is 1. The van der Waals surface area contributed by atoms with Gasteiger partial charge in [-0.3, -0.25) is 0 Å². The lowest BCUT2D eigenvalue weighted by molar-refractivity contribution is 0.457. The predicted molar refractivity (Wildman–Crippen MR) is 62.5 cm³/mol. The van der Waals surface area contributed by atoms with Crippen LogP contribution < -0.4 is 5.73 Å². The molecular weight excluding hydrogens is 195 g/mol. The number of hydrogen-bond donors (Lipinski definition) is 1. The number of nitrogens with two attached hydrogens (primary N) is 1. The summed E-state index contributed by atoms with van der Waals surface area (Å²) in [6, 6.07) is 0. The molecule has 0 atom stereocenters. The minimum absolute atomic E-state index is 0. The number of likely N-dealkylation sites (N-methyl/N-ethyl adjacent to an activating group) is 1. The van der Waals surface area contributed by atoms with E-state index in [0.29, 0.717) is 6.54 Å². The highest BCUT2D eigenvalue weighted by Gasteiger charge is 1.75. The summed E-state index contributed by atoms with van der Waals surface area (Å²) in [6.45, 7) is 8.47. The molecule has 0 spiro atoms. The molecule has 0 heterocycles. The molecule has 0 aliphatic rings. The molecule has 0 aromatic carbocycles. The first-order chi connectivity index (χ1) is 4.68. The molecule has 0 unspecified atom stereocenters. The fourth-order valence-electron chi connectivity index (χ4n) is 0.258. The van der Waals surface area contributed by atoms with Crippen molar-refractivity contribution in [3.8, 4) is 0 Å². The predicted octanol–water partition coefficient (Wildman–Crippen LogP) is 1.71. The van der Waals surface area contributed by atoms with Crippen LogP contribution in [-0.4, -0.2) is 32.1 Å². The maximum Gasteiger partial charge on any atom is 0.0154 e. The summed E-state index contributed by atoms with van der Waals surface area (Å²) in [6.07, 6.45) is 3.53. The van der Waals surface area contributed by atoms with Crippen molar-refractivity contribution in [3.63, 3.8) is 0 Å². The Bertz CT molecular complexity index is 85.1. The van der Waals surface area contributed by atoms with Gasteiger partial charge >= 0.3 is 0 Å². The summed E-state index contributed by atoms with van der Waals surface area (Å²) < 4.78 is 0. The second kappa shape index (κ2) is 22.4. The van der Waals surface area contributed by atoms with E-state index in [-0.39, 0.29) is 24.8 Å². The molecule has 0 aliphatic carbocycles. The highest BCUT2D eigenvalue weighted by molar-refractivity contribution is 5.85. The minimum Gasteiger partial charge on any atom is -0.327 e. The van der Waals surface area contributed by atoms with Crippen LogP contribution >= 0.6 is 24.8 Å². The van der Waals surface area contributed by atoms with Crippen molar-refractivity contribution in [2.24, 2.45) is 5.73 Å². The Hall–Kier alpha value is -0.0200. The van der Waals surface area contributed by atoms with Crippen LogP contribution in [0.5, 0.6) is 0 Å². The van der Waals surface area contributed by atoms with Gasteiger partial charge in [0, 0.05) is 13.1 Å². The molecule has 0 amide bonds. The molecule has 0 aromatic rings. The lowest BCUT2D eigenvalue weighted by Gasteiger charge is -2.01. The molecule has 0 saturated heterocycles. The second-order valence-electron chi connectivity index (χ2n) is 2.08. The summed E-state index contributed by atoms with van der Waals surface area (Å²) in [4.78, 5) is 2.06. The SMILES string of the molecule is C=CCN.C=CCN(C)C.Cl.Cl. The zero-order valence-corrected chi connectivity index (χ0v) is 9.46. The molecule has 0 rings (SSSR count). The van der Waals surface area contributed by atoms with E-state index in [1.54, 1.807) is 6.08 Å². The van der Waals surface area contributed by atoms with Crippen LogP contribution in [0.1, 0.15) is 0 Å². The molecule has 0 radical (unpaired) electrons. The average molecular weight is 215 g/mol. The zero-order chi connectivity index (χ0) is 8.41. The van der Waals surface area contributed by atoms with Crippen LogP contribution in [0, 0.1) is 0 Å². The second-order valence-corrected chi connectivity index (χ2v) is 2.08. The fourth-order valence-corrected chi connectivity index (χ4v) is 0.258. The van der Waals surface area contributed by atoms with E-state index in [4.69, 9.17) is 5.73 Å². The summed E-state index contributed by atoms with van der Waals surface area (Å²) in [5, 5.41) is 0. The van der Waals surface area contributed by atoms with E-state index in [1.807, 2.05) is 20.2 Å². The largest absolute Gasteiger partial charge is 0.327 e. The minimum atomic E-state index is 0. The average Bonchev–Trinajstić information content (AvgIpc) is 1.89. The first-order valence-electron chi connectivity index (χ1n) is 3.25. The molecular formula is C8H20Cl2N2. The third kappa shape index (κ3) is 50.8. The zero-order valence-electron chi connectivity index (χ0n) is 7.82. The normalized spacial score (nSPS) is 6.67. The molecule has 76 valence electrons. The van der Waals surface area contributed by atoms with Gasteiger partial charge in [-0.15, -0.1) is 38.0 Å².